The summed E-state index contributed by atoms with van der Waals surface area (Å²) in [6, 6.07) is 5.79. The Bertz CT molecular complexity index is 383. The van der Waals surface area contributed by atoms with Crippen molar-refractivity contribution in [3.05, 3.63) is 30.1 Å². The zero-order chi connectivity index (χ0) is 13.1. The molecular weight excluding hydrogens is 216 g/mol. The van der Waals surface area contributed by atoms with E-state index in [4.69, 9.17) is 5.26 Å². The van der Waals surface area contributed by atoms with Gasteiger partial charge in [-0.2, -0.15) is 5.26 Å². The van der Waals surface area contributed by atoms with Gasteiger partial charge < -0.3 is 4.74 Å². The van der Waals surface area contributed by atoms with E-state index in [9.17, 15) is 4.79 Å². The van der Waals surface area contributed by atoms with Crippen LogP contribution in [0.15, 0.2) is 24.5 Å². The number of esters is 1. The lowest BCUT2D eigenvalue weighted by atomic mass is 10.2. The monoisotopic (exact) mass is 235 g/mol. The lowest BCUT2D eigenvalue weighted by Crippen LogP contribution is -2.33. The van der Waals surface area contributed by atoms with Gasteiger partial charge in [0.05, 0.1) is 26.0 Å². The molecule has 0 saturated heterocycles. The normalized spacial score (nSPS) is 8.59. The van der Waals surface area contributed by atoms with Gasteiger partial charge in [0.2, 0.25) is 0 Å². The number of hydrogen-bond acceptors (Lipinski definition) is 3. The van der Waals surface area contributed by atoms with Gasteiger partial charge in [0.25, 0.3) is 0 Å². The summed E-state index contributed by atoms with van der Waals surface area (Å²) >= 11 is 0. The third-order valence-corrected chi connectivity index (χ3v) is 1.98. The number of carbonyl (C=O) groups is 1. The highest BCUT2D eigenvalue weighted by Gasteiger charge is 2.07. The molecule has 0 radical (unpaired) electrons. The quantitative estimate of drug-likeness (QED) is 0.588. The molecule has 0 amide bonds. The molecule has 0 fully saturated rings. The SMILES string of the molecule is CC.COC(=O)Cc1ccc[n+](CCC#N)c1. The molecule has 92 valence electrons. The van der Waals surface area contributed by atoms with E-state index in [1.807, 2.05) is 42.9 Å². The van der Waals surface area contributed by atoms with Crippen molar-refractivity contribution in [3.8, 4) is 6.07 Å². The molecule has 1 aromatic heterocycles. The predicted octanol–water partition coefficient (Wildman–Crippen LogP) is 1.63. The van der Waals surface area contributed by atoms with Gasteiger partial charge in [-0.3, -0.25) is 4.79 Å². The van der Waals surface area contributed by atoms with Crippen molar-refractivity contribution in [2.75, 3.05) is 7.11 Å². The maximum Gasteiger partial charge on any atom is 0.310 e. The van der Waals surface area contributed by atoms with Gasteiger partial charge in [0.1, 0.15) is 0 Å². The number of methoxy groups -OCH3 is 1. The number of aromatic nitrogens is 1. The molecule has 0 saturated carbocycles. The van der Waals surface area contributed by atoms with Crippen LogP contribution in [0.25, 0.3) is 0 Å². The third-order valence-electron chi connectivity index (χ3n) is 1.98. The van der Waals surface area contributed by atoms with Crippen LogP contribution in [-0.4, -0.2) is 13.1 Å². The van der Waals surface area contributed by atoms with Gasteiger partial charge in [-0.1, -0.05) is 13.8 Å². The van der Waals surface area contributed by atoms with Crippen molar-refractivity contribution in [1.29, 1.82) is 5.26 Å². The van der Waals surface area contributed by atoms with Gasteiger partial charge in [-0.25, -0.2) is 4.57 Å². The highest BCUT2D eigenvalue weighted by molar-refractivity contribution is 5.72. The summed E-state index contributed by atoms with van der Waals surface area (Å²) in [4.78, 5) is 11.0. The van der Waals surface area contributed by atoms with Crippen molar-refractivity contribution in [2.45, 2.75) is 33.2 Å². The van der Waals surface area contributed by atoms with Crippen molar-refractivity contribution < 1.29 is 14.1 Å². The highest BCUT2D eigenvalue weighted by atomic mass is 16.5. The number of pyridine rings is 1. The zero-order valence-electron chi connectivity index (χ0n) is 10.6. The molecule has 0 atom stereocenters. The molecule has 0 unspecified atom stereocenters. The van der Waals surface area contributed by atoms with E-state index in [2.05, 4.69) is 10.8 Å². The van der Waals surface area contributed by atoms with E-state index >= 15 is 0 Å². The van der Waals surface area contributed by atoms with E-state index < -0.39 is 0 Å². The number of rotatable bonds is 4. The fourth-order valence-electron chi connectivity index (χ4n) is 1.24. The predicted molar refractivity (Wildman–Crippen MR) is 63.9 cm³/mol. The van der Waals surface area contributed by atoms with E-state index in [1.165, 1.54) is 7.11 Å². The van der Waals surface area contributed by atoms with Crippen LogP contribution < -0.4 is 4.57 Å². The van der Waals surface area contributed by atoms with E-state index in [-0.39, 0.29) is 12.4 Å². The molecule has 1 aromatic rings. The summed E-state index contributed by atoms with van der Waals surface area (Å²) < 4.78 is 6.46. The summed E-state index contributed by atoms with van der Waals surface area (Å²) in [5.74, 6) is -0.256. The van der Waals surface area contributed by atoms with Crippen LogP contribution in [0.3, 0.4) is 0 Å². The molecule has 0 aliphatic heterocycles. The third kappa shape index (κ3) is 6.31. The Balaban J connectivity index is 0.00000121. The van der Waals surface area contributed by atoms with Gasteiger partial charge >= 0.3 is 5.97 Å². The summed E-state index contributed by atoms with van der Waals surface area (Å²) in [6.07, 6.45) is 4.46. The van der Waals surface area contributed by atoms with Crippen LogP contribution in [-0.2, 0) is 22.5 Å². The molecule has 4 heteroatoms. The van der Waals surface area contributed by atoms with Crippen molar-refractivity contribution in [2.24, 2.45) is 0 Å². The van der Waals surface area contributed by atoms with Crippen LogP contribution in [0.4, 0.5) is 0 Å². The molecule has 0 bridgehead atoms. The first kappa shape index (κ1) is 15.1. The fourth-order valence-corrected chi connectivity index (χ4v) is 1.24. The van der Waals surface area contributed by atoms with Crippen LogP contribution in [0.2, 0.25) is 0 Å². The second-order valence-electron chi connectivity index (χ2n) is 3.11. The zero-order valence-corrected chi connectivity index (χ0v) is 10.6. The Morgan fingerprint density at radius 3 is 2.82 bits per heavy atom. The second-order valence-corrected chi connectivity index (χ2v) is 3.11. The van der Waals surface area contributed by atoms with E-state index in [0.717, 1.165) is 5.56 Å². The second kappa shape index (κ2) is 9.34. The summed E-state index contributed by atoms with van der Waals surface area (Å²) in [6.45, 7) is 4.64. The largest absolute Gasteiger partial charge is 0.469 e. The maximum atomic E-state index is 11.0. The topological polar surface area (TPSA) is 54.0 Å². The van der Waals surface area contributed by atoms with Crippen molar-refractivity contribution >= 4 is 5.97 Å². The van der Waals surface area contributed by atoms with Crippen LogP contribution in [0.1, 0.15) is 25.8 Å². The molecule has 0 spiro atoms. The van der Waals surface area contributed by atoms with Gasteiger partial charge in [-0.15, -0.1) is 0 Å². The summed E-state index contributed by atoms with van der Waals surface area (Å²) in [5, 5.41) is 8.44. The first-order valence-corrected chi connectivity index (χ1v) is 5.68. The number of hydrogen-bond donors (Lipinski definition) is 0. The maximum absolute atomic E-state index is 11.0. The first-order chi connectivity index (χ1) is 8.26. The number of nitrogens with zero attached hydrogens (tertiary/aromatic N) is 2. The van der Waals surface area contributed by atoms with Crippen LogP contribution >= 0.6 is 0 Å². The summed E-state index contributed by atoms with van der Waals surface area (Å²) in [5.41, 5.74) is 0.891. The molecule has 1 rings (SSSR count). The Morgan fingerprint density at radius 2 is 2.24 bits per heavy atom. The average molecular weight is 235 g/mol. The Morgan fingerprint density at radius 1 is 1.53 bits per heavy atom. The molecular formula is C13H19N2O2+. The Hall–Kier alpha value is -1.89. The lowest BCUT2D eigenvalue weighted by molar-refractivity contribution is -0.696. The number of aryl methyl sites for hydroxylation is 1. The van der Waals surface area contributed by atoms with E-state index in [1.54, 1.807) is 0 Å². The lowest BCUT2D eigenvalue weighted by Gasteiger charge is -1.98. The van der Waals surface area contributed by atoms with E-state index in [0.29, 0.717) is 13.0 Å². The average Bonchev–Trinajstić information content (AvgIpc) is 2.39. The number of ether oxygens (including phenoxy) is 1. The van der Waals surface area contributed by atoms with Crippen LogP contribution in [0.5, 0.6) is 0 Å². The minimum atomic E-state index is -0.256. The fraction of sp³-hybridized carbons (Fsp3) is 0.462. The molecule has 4 nitrogen and oxygen atoms in total. The van der Waals surface area contributed by atoms with Crippen LogP contribution in [0, 0.1) is 11.3 Å². The standard InChI is InChI=1S/C11H13N2O2.C2H6/c1-15-11(14)8-10-4-2-6-13(9-10)7-3-5-12;1-2/h2,4,6,9H,3,7-8H2,1H3;1-2H3/q+1;. The Kier molecular flexibility index (Phi) is 8.31. The van der Waals surface area contributed by atoms with Crippen molar-refractivity contribution in [1.82, 2.24) is 0 Å². The molecule has 0 aliphatic rings. The van der Waals surface area contributed by atoms with Gasteiger partial charge in [-0.05, 0) is 6.07 Å². The highest BCUT2D eigenvalue weighted by Crippen LogP contribution is 1.97. The number of carbonyl (C=O) groups excluding carboxylic acids is 1. The smallest absolute Gasteiger partial charge is 0.310 e. The molecule has 1 heterocycles. The Labute approximate surface area is 102 Å². The minimum Gasteiger partial charge on any atom is -0.469 e. The molecule has 0 N–H and O–H groups in total. The molecule has 0 aliphatic carbocycles. The number of nitriles is 1. The summed E-state index contributed by atoms with van der Waals surface area (Å²) in [7, 11) is 1.37. The minimum absolute atomic E-state index is 0.256. The molecule has 0 aromatic carbocycles. The van der Waals surface area contributed by atoms with Gasteiger partial charge in [0, 0.05) is 11.6 Å². The first-order valence-electron chi connectivity index (χ1n) is 5.68. The molecule has 17 heavy (non-hydrogen) atoms. The van der Waals surface area contributed by atoms with Gasteiger partial charge in [0.15, 0.2) is 18.9 Å². The van der Waals surface area contributed by atoms with Crippen molar-refractivity contribution in [3.63, 3.8) is 0 Å².